The molecule has 2 heterocycles. The van der Waals surface area contributed by atoms with E-state index in [1.165, 1.54) is 11.2 Å². The lowest BCUT2D eigenvalue weighted by Gasteiger charge is -2.27. The van der Waals surface area contributed by atoms with Crippen LogP contribution in [0.25, 0.3) is 10.9 Å². The van der Waals surface area contributed by atoms with Crippen LogP contribution in [0.15, 0.2) is 30.6 Å². The Hall–Kier alpha value is -2.22. The van der Waals surface area contributed by atoms with Crippen molar-refractivity contribution < 1.29 is 13.2 Å². The number of para-hydroxylation sites is 1. The predicted octanol–water partition coefficient (Wildman–Crippen LogP) is 1.08. The second-order valence-electron chi connectivity index (χ2n) is 6.11. The molecular formula is C16H20N4O3S. The number of likely N-dealkylation sites (N-methyl/N-ethyl adjacent to an activating group) is 1. The number of fused-ring (bicyclic) bond motifs is 1. The molecule has 0 saturated carbocycles. The van der Waals surface area contributed by atoms with E-state index in [0.29, 0.717) is 12.2 Å². The summed E-state index contributed by atoms with van der Waals surface area (Å²) in [7, 11) is -1.37. The zero-order valence-electron chi connectivity index (χ0n) is 13.6. The molecular weight excluding hydrogens is 328 g/mol. The van der Waals surface area contributed by atoms with Crippen LogP contribution in [-0.4, -0.2) is 59.8 Å². The molecule has 1 N–H and O–H groups in total. The van der Waals surface area contributed by atoms with E-state index >= 15 is 0 Å². The van der Waals surface area contributed by atoms with Gasteiger partial charge in [-0.15, -0.1) is 0 Å². The van der Waals surface area contributed by atoms with Crippen LogP contribution in [0.4, 0.5) is 5.82 Å². The molecule has 1 aliphatic rings. The lowest BCUT2D eigenvalue weighted by molar-refractivity contribution is -0.132. The average molecular weight is 348 g/mol. The molecule has 1 aromatic carbocycles. The van der Waals surface area contributed by atoms with Crippen LogP contribution in [0.1, 0.15) is 13.3 Å². The Bertz CT molecular complexity index is 863. The molecule has 0 aliphatic carbocycles. The zero-order chi connectivity index (χ0) is 17.3. The number of nitrogens with zero attached hydrogens (tertiary/aromatic N) is 3. The fourth-order valence-electron chi connectivity index (χ4n) is 2.95. The topological polar surface area (TPSA) is 92.3 Å². The summed E-state index contributed by atoms with van der Waals surface area (Å²) in [4.78, 5) is 22.6. The Morgan fingerprint density at radius 2 is 2.08 bits per heavy atom. The van der Waals surface area contributed by atoms with Crippen molar-refractivity contribution in [3.63, 3.8) is 0 Å². The number of carbonyl (C=O) groups excluding carboxylic acids is 1. The van der Waals surface area contributed by atoms with Gasteiger partial charge in [-0.05, 0) is 25.5 Å². The van der Waals surface area contributed by atoms with Crippen LogP contribution in [0.2, 0.25) is 0 Å². The van der Waals surface area contributed by atoms with Crippen LogP contribution in [0.5, 0.6) is 0 Å². The third kappa shape index (κ3) is 3.33. The van der Waals surface area contributed by atoms with Crippen molar-refractivity contribution in [1.82, 2.24) is 14.9 Å². The lowest BCUT2D eigenvalue weighted by Crippen LogP contribution is -2.45. The zero-order valence-corrected chi connectivity index (χ0v) is 14.5. The summed E-state index contributed by atoms with van der Waals surface area (Å²) in [6, 6.07) is 6.78. The smallest absolute Gasteiger partial charge is 0.244 e. The fourth-order valence-corrected chi connectivity index (χ4v) is 4.73. The monoisotopic (exact) mass is 348 g/mol. The van der Waals surface area contributed by atoms with Gasteiger partial charge in [0, 0.05) is 18.5 Å². The summed E-state index contributed by atoms with van der Waals surface area (Å²) in [5.41, 5.74) is 0.796. The molecule has 1 aliphatic heterocycles. The van der Waals surface area contributed by atoms with Crippen LogP contribution in [-0.2, 0) is 14.6 Å². The van der Waals surface area contributed by atoms with Gasteiger partial charge >= 0.3 is 0 Å². The molecule has 2 atom stereocenters. The first-order chi connectivity index (χ1) is 11.4. The largest absolute Gasteiger partial charge is 0.358 e. The predicted molar refractivity (Wildman–Crippen MR) is 92.5 cm³/mol. The van der Waals surface area contributed by atoms with Crippen molar-refractivity contribution in [2.24, 2.45) is 0 Å². The molecule has 1 fully saturated rings. The number of anilines is 1. The van der Waals surface area contributed by atoms with E-state index in [-0.39, 0.29) is 23.5 Å². The second-order valence-corrected chi connectivity index (χ2v) is 8.34. The number of aromatic nitrogens is 2. The van der Waals surface area contributed by atoms with Crippen LogP contribution >= 0.6 is 0 Å². The maximum absolute atomic E-state index is 12.6. The van der Waals surface area contributed by atoms with Gasteiger partial charge in [-0.3, -0.25) is 4.79 Å². The number of hydrogen-bond donors (Lipinski definition) is 1. The van der Waals surface area contributed by atoms with E-state index in [1.807, 2.05) is 24.3 Å². The number of carbonyl (C=O) groups is 1. The number of sulfone groups is 1. The maximum atomic E-state index is 12.6. The van der Waals surface area contributed by atoms with Gasteiger partial charge in [-0.1, -0.05) is 12.1 Å². The van der Waals surface area contributed by atoms with Crippen molar-refractivity contribution >= 4 is 32.5 Å². The van der Waals surface area contributed by atoms with Crippen molar-refractivity contribution in [1.29, 1.82) is 0 Å². The number of amides is 1. The van der Waals surface area contributed by atoms with E-state index in [2.05, 4.69) is 15.3 Å². The van der Waals surface area contributed by atoms with E-state index < -0.39 is 15.9 Å². The first-order valence-electron chi connectivity index (χ1n) is 7.81. The molecule has 3 rings (SSSR count). The highest BCUT2D eigenvalue weighted by Crippen LogP contribution is 2.21. The molecule has 1 saturated heterocycles. The van der Waals surface area contributed by atoms with Gasteiger partial charge in [-0.25, -0.2) is 18.4 Å². The summed E-state index contributed by atoms with van der Waals surface area (Å²) in [6.45, 7) is 1.75. The first kappa shape index (κ1) is 16.6. The van der Waals surface area contributed by atoms with Gasteiger partial charge in [0.15, 0.2) is 9.84 Å². The molecule has 128 valence electrons. The van der Waals surface area contributed by atoms with Crippen LogP contribution < -0.4 is 5.32 Å². The molecule has 1 aromatic heterocycles. The quantitative estimate of drug-likeness (QED) is 0.889. The van der Waals surface area contributed by atoms with E-state index in [4.69, 9.17) is 0 Å². The Balaban J connectivity index is 1.74. The second kappa shape index (κ2) is 6.35. The van der Waals surface area contributed by atoms with Crippen LogP contribution in [0.3, 0.4) is 0 Å². The van der Waals surface area contributed by atoms with E-state index in [1.54, 1.807) is 14.0 Å². The van der Waals surface area contributed by atoms with Gasteiger partial charge in [0.25, 0.3) is 0 Å². The molecule has 1 amide bonds. The van der Waals surface area contributed by atoms with Crippen molar-refractivity contribution in [3.05, 3.63) is 30.6 Å². The van der Waals surface area contributed by atoms with Crippen molar-refractivity contribution in [2.75, 3.05) is 23.9 Å². The Morgan fingerprint density at radius 3 is 2.79 bits per heavy atom. The molecule has 2 aromatic rings. The molecule has 0 spiro atoms. The minimum atomic E-state index is -3.02. The van der Waals surface area contributed by atoms with E-state index in [9.17, 15) is 13.2 Å². The molecule has 2 unspecified atom stereocenters. The Kier molecular flexibility index (Phi) is 4.40. The highest BCUT2D eigenvalue weighted by molar-refractivity contribution is 7.91. The normalized spacial score (nSPS) is 20.7. The molecule has 7 nitrogen and oxygen atoms in total. The minimum absolute atomic E-state index is 0.0401. The number of nitrogens with one attached hydrogen (secondary N) is 1. The van der Waals surface area contributed by atoms with Crippen LogP contribution in [0, 0.1) is 0 Å². The SMILES string of the molecule is CC(Nc1ncnc2ccccc12)C(=O)N(C)C1CCS(=O)(=O)C1. The summed E-state index contributed by atoms with van der Waals surface area (Å²) in [5, 5.41) is 3.96. The van der Waals surface area contributed by atoms with Gasteiger partial charge in [0.2, 0.25) is 5.91 Å². The summed E-state index contributed by atoms with van der Waals surface area (Å²) >= 11 is 0. The third-order valence-corrected chi connectivity index (χ3v) is 6.12. The molecule has 24 heavy (non-hydrogen) atoms. The van der Waals surface area contributed by atoms with E-state index in [0.717, 1.165) is 10.9 Å². The van der Waals surface area contributed by atoms with Gasteiger partial charge in [0.1, 0.15) is 18.2 Å². The lowest BCUT2D eigenvalue weighted by atomic mass is 10.2. The third-order valence-electron chi connectivity index (χ3n) is 4.37. The van der Waals surface area contributed by atoms with Gasteiger partial charge < -0.3 is 10.2 Å². The highest BCUT2D eigenvalue weighted by Gasteiger charge is 2.34. The number of rotatable bonds is 4. The van der Waals surface area contributed by atoms with Crippen molar-refractivity contribution in [2.45, 2.75) is 25.4 Å². The Morgan fingerprint density at radius 1 is 1.33 bits per heavy atom. The van der Waals surface area contributed by atoms with Crippen molar-refractivity contribution in [3.8, 4) is 0 Å². The summed E-state index contributed by atoms with van der Waals surface area (Å²) < 4.78 is 23.2. The minimum Gasteiger partial charge on any atom is -0.358 e. The first-order valence-corrected chi connectivity index (χ1v) is 9.63. The highest BCUT2D eigenvalue weighted by atomic mass is 32.2. The molecule has 8 heteroatoms. The summed E-state index contributed by atoms with van der Waals surface area (Å²) in [6.07, 6.45) is 1.95. The average Bonchev–Trinajstić information content (AvgIpc) is 2.93. The molecule has 0 radical (unpaired) electrons. The molecule has 0 bridgehead atoms. The maximum Gasteiger partial charge on any atom is 0.244 e. The number of hydrogen-bond acceptors (Lipinski definition) is 6. The fraction of sp³-hybridized carbons (Fsp3) is 0.438. The Labute approximate surface area is 141 Å². The number of benzene rings is 1. The van der Waals surface area contributed by atoms with Gasteiger partial charge in [0.05, 0.1) is 17.0 Å². The standard InChI is InChI=1S/C16H20N4O3S/c1-11(16(21)20(2)12-7-8-24(22,23)9-12)19-15-13-5-3-4-6-14(13)17-10-18-15/h3-6,10-12H,7-9H2,1-2H3,(H,17,18,19). The summed E-state index contributed by atoms with van der Waals surface area (Å²) in [5.74, 6) is 0.625. The van der Waals surface area contributed by atoms with Gasteiger partial charge in [-0.2, -0.15) is 0 Å².